The summed E-state index contributed by atoms with van der Waals surface area (Å²) < 4.78 is 7.41. The molecule has 0 aliphatic heterocycles. The lowest BCUT2D eigenvalue weighted by Crippen LogP contribution is -2.12. The first-order chi connectivity index (χ1) is 8.08. The van der Waals surface area contributed by atoms with E-state index in [1.165, 1.54) is 0 Å². The lowest BCUT2D eigenvalue weighted by Gasteiger charge is -2.09. The summed E-state index contributed by atoms with van der Waals surface area (Å²) in [6.07, 6.45) is 0.223. The number of imidazole rings is 1. The Bertz CT molecular complexity index is 518. The van der Waals surface area contributed by atoms with Crippen LogP contribution in [0.2, 0.25) is 0 Å². The SMILES string of the molecule is Cc1ccc2nc(N)n(CCOC(C)C)c2n1. The van der Waals surface area contributed by atoms with Crippen LogP contribution < -0.4 is 5.73 Å². The van der Waals surface area contributed by atoms with Crippen molar-refractivity contribution in [3.05, 3.63) is 17.8 Å². The molecule has 2 aromatic rings. The predicted octanol–water partition coefficient (Wildman–Crippen LogP) is 1.75. The molecule has 92 valence electrons. The molecule has 0 spiro atoms. The maximum absolute atomic E-state index is 5.88. The maximum atomic E-state index is 5.88. The molecule has 2 rings (SSSR count). The van der Waals surface area contributed by atoms with E-state index in [1.54, 1.807) is 0 Å². The Kier molecular flexibility index (Phi) is 3.28. The third-order valence-corrected chi connectivity index (χ3v) is 2.53. The summed E-state index contributed by atoms with van der Waals surface area (Å²) in [5, 5.41) is 0. The number of nitrogen functional groups attached to an aromatic ring is 1. The van der Waals surface area contributed by atoms with Gasteiger partial charge in [0.25, 0.3) is 0 Å². The van der Waals surface area contributed by atoms with Crippen LogP contribution in [-0.2, 0) is 11.3 Å². The highest BCUT2D eigenvalue weighted by Crippen LogP contribution is 2.16. The van der Waals surface area contributed by atoms with Crippen LogP contribution in [0.3, 0.4) is 0 Å². The van der Waals surface area contributed by atoms with E-state index in [9.17, 15) is 0 Å². The molecule has 17 heavy (non-hydrogen) atoms. The summed E-state index contributed by atoms with van der Waals surface area (Å²) in [6, 6.07) is 3.87. The highest BCUT2D eigenvalue weighted by Gasteiger charge is 2.09. The quantitative estimate of drug-likeness (QED) is 0.875. The molecule has 5 heteroatoms. The third kappa shape index (κ3) is 2.55. The van der Waals surface area contributed by atoms with Crippen LogP contribution in [0, 0.1) is 6.92 Å². The van der Waals surface area contributed by atoms with E-state index in [4.69, 9.17) is 10.5 Å². The first-order valence-corrected chi connectivity index (χ1v) is 5.79. The number of nitrogens with two attached hydrogens (primary N) is 1. The fourth-order valence-corrected chi connectivity index (χ4v) is 1.71. The van der Waals surface area contributed by atoms with Gasteiger partial charge < -0.3 is 10.5 Å². The minimum absolute atomic E-state index is 0.223. The van der Waals surface area contributed by atoms with Gasteiger partial charge in [-0.15, -0.1) is 0 Å². The number of hydrogen-bond acceptors (Lipinski definition) is 4. The highest BCUT2D eigenvalue weighted by molar-refractivity contribution is 5.74. The van der Waals surface area contributed by atoms with Crippen molar-refractivity contribution in [3.8, 4) is 0 Å². The van der Waals surface area contributed by atoms with Crippen molar-refractivity contribution in [2.24, 2.45) is 0 Å². The van der Waals surface area contributed by atoms with Gasteiger partial charge in [0.2, 0.25) is 5.95 Å². The number of anilines is 1. The van der Waals surface area contributed by atoms with Crippen LogP contribution in [0.25, 0.3) is 11.2 Å². The molecule has 2 heterocycles. The van der Waals surface area contributed by atoms with Crippen molar-refractivity contribution in [1.82, 2.24) is 14.5 Å². The van der Waals surface area contributed by atoms with E-state index in [-0.39, 0.29) is 6.10 Å². The second-order valence-corrected chi connectivity index (χ2v) is 4.34. The fraction of sp³-hybridized carbons (Fsp3) is 0.500. The second-order valence-electron chi connectivity index (χ2n) is 4.34. The van der Waals surface area contributed by atoms with Crippen molar-refractivity contribution < 1.29 is 4.74 Å². The minimum atomic E-state index is 0.223. The zero-order valence-corrected chi connectivity index (χ0v) is 10.5. The van der Waals surface area contributed by atoms with Gasteiger partial charge in [-0.3, -0.25) is 4.57 Å². The summed E-state index contributed by atoms with van der Waals surface area (Å²) in [4.78, 5) is 8.73. The number of aryl methyl sites for hydroxylation is 1. The number of nitrogens with zero attached hydrogens (tertiary/aromatic N) is 3. The average Bonchev–Trinajstić information content (AvgIpc) is 2.55. The van der Waals surface area contributed by atoms with Crippen molar-refractivity contribution in [2.45, 2.75) is 33.4 Å². The number of fused-ring (bicyclic) bond motifs is 1. The smallest absolute Gasteiger partial charge is 0.202 e. The summed E-state index contributed by atoms with van der Waals surface area (Å²) in [7, 11) is 0. The van der Waals surface area contributed by atoms with Gasteiger partial charge in [-0.05, 0) is 32.9 Å². The number of rotatable bonds is 4. The van der Waals surface area contributed by atoms with E-state index >= 15 is 0 Å². The first-order valence-electron chi connectivity index (χ1n) is 5.79. The molecule has 0 saturated heterocycles. The molecule has 2 N–H and O–H groups in total. The van der Waals surface area contributed by atoms with Gasteiger partial charge in [-0.2, -0.15) is 0 Å². The number of aromatic nitrogens is 3. The molecule has 5 nitrogen and oxygen atoms in total. The van der Waals surface area contributed by atoms with E-state index in [0.717, 1.165) is 16.9 Å². The molecule has 0 amide bonds. The molecular weight excluding hydrogens is 216 g/mol. The van der Waals surface area contributed by atoms with Crippen molar-refractivity contribution in [1.29, 1.82) is 0 Å². The Labute approximate surface area is 101 Å². The molecule has 0 unspecified atom stereocenters. The van der Waals surface area contributed by atoms with E-state index in [2.05, 4.69) is 9.97 Å². The van der Waals surface area contributed by atoms with Crippen molar-refractivity contribution in [2.75, 3.05) is 12.3 Å². The van der Waals surface area contributed by atoms with Crippen LogP contribution in [0.4, 0.5) is 5.95 Å². The lowest BCUT2D eigenvalue weighted by molar-refractivity contribution is 0.0735. The average molecular weight is 234 g/mol. The Balaban J connectivity index is 2.26. The van der Waals surface area contributed by atoms with Crippen molar-refractivity contribution >= 4 is 17.1 Å². The summed E-state index contributed by atoms with van der Waals surface area (Å²) >= 11 is 0. The number of hydrogen-bond donors (Lipinski definition) is 1. The van der Waals surface area contributed by atoms with Gasteiger partial charge in [-0.25, -0.2) is 9.97 Å². The van der Waals surface area contributed by atoms with Gasteiger partial charge in [0, 0.05) is 5.69 Å². The summed E-state index contributed by atoms with van der Waals surface area (Å²) in [6.45, 7) is 7.27. The molecule has 0 fully saturated rings. The van der Waals surface area contributed by atoms with Crippen molar-refractivity contribution in [3.63, 3.8) is 0 Å². The van der Waals surface area contributed by atoms with Gasteiger partial charge in [0.15, 0.2) is 5.65 Å². The van der Waals surface area contributed by atoms with Gasteiger partial charge in [-0.1, -0.05) is 0 Å². The standard InChI is InChI=1S/C12H18N4O/c1-8(2)17-7-6-16-11-10(15-12(16)13)5-4-9(3)14-11/h4-5,8H,6-7H2,1-3H3,(H2,13,15). The summed E-state index contributed by atoms with van der Waals surface area (Å²) in [5.41, 5.74) is 8.50. The fourth-order valence-electron chi connectivity index (χ4n) is 1.71. The molecular formula is C12H18N4O. The third-order valence-electron chi connectivity index (χ3n) is 2.53. The Hall–Kier alpha value is -1.62. The number of pyridine rings is 1. The molecule has 0 aliphatic rings. The largest absolute Gasteiger partial charge is 0.377 e. The van der Waals surface area contributed by atoms with Crippen LogP contribution >= 0.6 is 0 Å². The van der Waals surface area contributed by atoms with Gasteiger partial charge >= 0.3 is 0 Å². The zero-order valence-electron chi connectivity index (χ0n) is 10.5. The predicted molar refractivity (Wildman–Crippen MR) is 67.8 cm³/mol. The molecule has 0 aromatic carbocycles. The lowest BCUT2D eigenvalue weighted by atomic mass is 10.3. The maximum Gasteiger partial charge on any atom is 0.202 e. The van der Waals surface area contributed by atoms with E-state index in [1.807, 2.05) is 37.5 Å². The van der Waals surface area contributed by atoms with E-state index < -0.39 is 0 Å². The highest BCUT2D eigenvalue weighted by atomic mass is 16.5. The van der Waals surface area contributed by atoms with Crippen LogP contribution in [0.5, 0.6) is 0 Å². The molecule has 0 saturated carbocycles. The van der Waals surface area contributed by atoms with Gasteiger partial charge in [0.05, 0.1) is 19.3 Å². The molecule has 0 bridgehead atoms. The molecule has 2 aromatic heterocycles. The Morgan fingerprint density at radius 1 is 1.35 bits per heavy atom. The topological polar surface area (TPSA) is 66.0 Å². The van der Waals surface area contributed by atoms with Crippen LogP contribution in [-0.4, -0.2) is 27.2 Å². The Morgan fingerprint density at radius 2 is 2.12 bits per heavy atom. The van der Waals surface area contributed by atoms with Crippen LogP contribution in [0.15, 0.2) is 12.1 Å². The molecule has 0 aliphatic carbocycles. The van der Waals surface area contributed by atoms with Gasteiger partial charge in [0.1, 0.15) is 5.52 Å². The first kappa shape index (κ1) is 11.9. The molecule has 0 radical (unpaired) electrons. The zero-order chi connectivity index (χ0) is 12.4. The molecule has 0 atom stereocenters. The Morgan fingerprint density at radius 3 is 2.82 bits per heavy atom. The van der Waals surface area contributed by atoms with E-state index in [0.29, 0.717) is 19.1 Å². The minimum Gasteiger partial charge on any atom is -0.377 e. The second kappa shape index (κ2) is 4.71. The monoisotopic (exact) mass is 234 g/mol. The van der Waals surface area contributed by atoms with Crippen LogP contribution in [0.1, 0.15) is 19.5 Å². The number of ether oxygens (including phenoxy) is 1. The summed E-state index contributed by atoms with van der Waals surface area (Å²) in [5.74, 6) is 0.491. The normalized spacial score (nSPS) is 11.5.